The Morgan fingerprint density at radius 3 is 2.16 bits per heavy atom. The fourth-order valence-corrected chi connectivity index (χ4v) is 5.91. The second-order valence-electron chi connectivity index (χ2n) is 10.7. The fourth-order valence-electron chi connectivity index (χ4n) is 5.91. The maximum atomic E-state index is 13.3. The first-order valence-electron chi connectivity index (χ1n) is 13.6. The third-order valence-electron chi connectivity index (χ3n) is 7.91. The van der Waals surface area contributed by atoms with Gasteiger partial charge in [0.1, 0.15) is 5.82 Å². The normalized spacial score (nSPS) is 23.8. The topological polar surface area (TPSA) is 87.2 Å². The first-order chi connectivity index (χ1) is 18.0. The van der Waals surface area contributed by atoms with E-state index in [1.165, 1.54) is 0 Å². The molecule has 1 amide bonds. The highest BCUT2D eigenvalue weighted by Crippen LogP contribution is 2.34. The number of nitrogens with one attached hydrogen (secondary N) is 2. The molecule has 0 unspecified atom stereocenters. The molecule has 7 nitrogen and oxygen atoms in total. The number of carbonyl (C=O) groups excluding carboxylic acids is 2. The van der Waals surface area contributed by atoms with Crippen molar-refractivity contribution in [2.75, 3.05) is 24.3 Å². The smallest absolute Gasteiger partial charge is 0.225 e. The van der Waals surface area contributed by atoms with Gasteiger partial charge in [-0.05, 0) is 50.7 Å². The fraction of sp³-hybridized carbons (Fsp3) is 0.467. The van der Waals surface area contributed by atoms with Crippen molar-refractivity contribution < 1.29 is 9.59 Å². The molecule has 2 saturated carbocycles. The average Bonchev–Trinajstić information content (AvgIpc) is 2.93. The highest BCUT2D eigenvalue weighted by atomic mass is 16.2. The van der Waals surface area contributed by atoms with Crippen molar-refractivity contribution in [1.29, 1.82) is 0 Å². The number of amides is 1. The van der Waals surface area contributed by atoms with Crippen molar-refractivity contribution in [3.8, 4) is 0 Å². The predicted molar refractivity (Wildman–Crippen MR) is 148 cm³/mol. The lowest BCUT2D eigenvalue weighted by atomic mass is 9.74. The molecule has 7 heteroatoms. The zero-order valence-electron chi connectivity index (χ0n) is 21.8. The molecule has 2 fully saturated rings. The van der Waals surface area contributed by atoms with Crippen molar-refractivity contribution in [2.45, 2.75) is 63.5 Å². The van der Waals surface area contributed by atoms with E-state index < -0.39 is 0 Å². The second-order valence-corrected chi connectivity index (χ2v) is 10.7. The second kappa shape index (κ2) is 11.3. The molecule has 5 rings (SSSR count). The van der Waals surface area contributed by atoms with Crippen LogP contribution in [0.15, 0.2) is 54.6 Å². The maximum Gasteiger partial charge on any atom is 0.225 e. The van der Waals surface area contributed by atoms with Gasteiger partial charge in [-0.2, -0.15) is 4.98 Å². The summed E-state index contributed by atoms with van der Waals surface area (Å²) < 4.78 is 0. The van der Waals surface area contributed by atoms with Crippen LogP contribution in [0.5, 0.6) is 0 Å². The Morgan fingerprint density at radius 1 is 0.784 bits per heavy atom. The quantitative estimate of drug-likeness (QED) is 0.433. The summed E-state index contributed by atoms with van der Waals surface area (Å²) in [4.78, 5) is 38.0. The molecule has 2 aliphatic rings. The third kappa shape index (κ3) is 5.76. The lowest BCUT2D eigenvalue weighted by Crippen LogP contribution is -2.46. The number of hydrogen-bond acceptors (Lipinski definition) is 6. The third-order valence-corrected chi connectivity index (χ3v) is 7.91. The summed E-state index contributed by atoms with van der Waals surface area (Å²) in [5.41, 5.74) is 1.64. The van der Waals surface area contributed by atoms with Crippen LogP contribution in [0, 0.1) is 11.8 Å². The minimum atomic E-state index is -0.229. The zero-order chi connectivity index (χ0) is 25.8. The molecule has 2 N–H and O–H groups in total. The van der Waals surface area contributed by atoms with Crippen LogP contribution in [0.3, 0.4) is 0 Å². The number of ketones is 1. The molecule has 0 radical (unpaired) electrons. The van der Waals surface area contributed by atoms with E-state index in [9.17, 15) is 9.59 Å². The molecule has 0 spiro atoms. The first kappa shape index (κ1) is 25.2. The predicted octanol–water partition coefficient (Wildman–Crippen LogP) is 5.22. The summed E-state index contributed by atoms with van der Waals surface area (Å²) in [7, 11) is 3.99. The Morgan fingerprint density at radius 2 is 1.43 bits per heavy atom. The summed E-state index contributed by atoms with van der Waals surface area (Å²) in [6.45, 7) is 0. The molecule has 194 valence electrons. The van der Waals surface area contributed by atoms with Gasteiger partial charge in [0.15, 0.2) is 5.78 Å². The van der Waals surface area contributed by atoms with Crippen molar-refractivity contribution in [3.05, 3.63) is 60.2 Å². The monoisotopic (exact) mass is 499 g/mol. The molecule has 3 aromatic rings. The maximum absolute atomic E-state index is 13.3. The Labute approximate surface area is 219 Å². The van der Waals surface area contributed by atoms with Crippen LogP contribution < -0.4 is 15.5 Å². The number of aromatic nitrogens is 2. The van der Waals surface area contributed by atoms with Crippen LogP contribution in [0.4, 0.5) is 11.8 Å². The van der Waals surface area contributed by atoms with Crippen LogP contribution in [0.25, 0.3) is 10.9 Å². The average molecular weight is 500 g/mol. The largest absolute Gasteiger partial charge is 0.362 e. The van der Waals surface area contributed by atoms with Crippen molar-refractivity contribution in [2.24, 2.45) is 11.8 Å². The van der Waals surface area contributed by atoms with E-state index in [-0.39, 0.29) is 35.6 Å². The number of carbonyl (C=O) groups is 2. The van der Waals surface area contributed by atoms with Crippen molar-refractivity contribution in [1.82, 2.24) is 15.3 Å². The van der Waals surface area contributed by atoms with Gasteiger partial charge in [0, 0.05) is 49.0 Å². The number of benzene rings is 2. The van der Waals surface area contributed by atoms with Crippen molar-refractivity contribution in [3.63, 3.8) is 0 Å². The minimum absolute atomic E-state index is 0.0545. The summed E-state index contributed by atoms with van der Waals surface area (Å²) in [6, 6.07) is 17.9. The number of rotatable bonds is 7. The van der Waals surface area contributed by atoms with Gasteiger partial charge in [-0.25, -0.2) is 4.98 Å². The Balaban J connectivity index is 1.18. The van der Waals surface area contributed by atoms with Gasteiger partial charge >= 0.3 is 0 Å². The van der Waals surface area contributed by atoms with Gasteiger partial charge < -0.3 is 15.5 Å². The Kier molecular flexibility index (Phi) is 7.68. The van der Waals surface area contributed by atoms with Gasteiger partial charge in [0.25, 0.3) is 0 Å². The number of hydrogen-bond donors (Lipinski definition) is 2. The van der Waals surface area contributed by atoms with Crippen LogP contribution in [0.2, 0.25) is 0 Å². The van der Waals surface area contributed by atoms with E-state index in [0.29, 0.717) is 11.5 Å². The summed E-state index contributed by atoms with van der Waals surface area (Å²) in [5.74, 6) is 1.28. The van der Waals surface area contributed by atoms with Crippen molar-refractivity contribution >= 4 is 34.4 Å². The van der Waals surface area contributed by atoms with Gasteiger partial charge in [-0.1, -0.05) is 55.3 Å². The molecule has 1 heterocycles. The molecule has 2 aromatic carbocycles. The molecular formula is C30H37N5O2. The van der Waals surface area contributed by atoms with Crippen LogP contribution in [-0.4, -0.2) is 47.8 Å². The van der Waals surface area contributed by atoms with Crippen LogP contribution >= 0.6 is 0 Å². The SMILES string of the molecule is CN(C)c1nc(NC2CCC(NC(=O)[C@@H]3CCCC[C@H]3C(=O)c3ccccc3)CC2)nc2ccccc12. The van der Waals surface area contributed by atoms with E-state index in [2.05, 4.69) is 10.6 Å². The molecule has 2 aliphatic carbocycles. The van der Waals surface area contributed by atoms with E-state index in [0.717, 1.165) is 68.1 Å². The first-order valence-corrected chi connectivity index (χ1v) is 13.6. The minimum Gasteiger partial charge on any atom is -0.362 e. The highest BCUT2D eigenvalue weighted by molar-refractivity contribution is 6.00. The van der Waals surface area contributed by atoms with Crippen LogP contribution in [-0.2, 0) is 4.79 Å². The summed E-state index contributed by atoms with van der Waals surface area (Å²) in [5, 5.41) is 7.88. The number of Topliss-reactive ketones (excluding diaryl/α,β-unsaturated/α-hetero) is 1. The summed E-state index contributed by atoms with van der Waals surface area (Å²) in [6.07, 6.45) is 7.29. The summed E-state index contributed by atoms with van der Waals surface area (Å²) >= 11 is 0. The van der Waals surface area contributed by atoms with E-state index in [4.69, 9.17) is 9.97 Å². The zero-order valence-corrected chi connectivity index (χ0v) is 21.8. The van der Waals surface area contributed by atoms with Crippen LogP contribution in [0.1, 0.15) is 61.7 Å². The number of nitrogens with zero attached hydrogens (tertiary/aromatic N) is 3. The Bertz CT molecular complexity index is 1240. The number of anilines is 2. The number of fused-ring (bicyclic) bond motifs is 1. The van der Waals surface area contributed by atoms with Gasteiger partial charge in [0.05, 0.1) is 5.52 Å². The van der Waals surface area contributed by atoms with Gasteiger partial charge in [0.2, 0.25) is 11.9 Å². The van der Waals surface area contributed by atoms with E-state index in [1.54, 1.807) is 0 Å². The standard InChI is InChI=1S/C30H37N5O2/c1-35(2)28-25-14-8-9-15-26(25)33-30(34-28)32-22-18-16-21(17-19-22)31-29(37)24-13-7-6-12-23(24)27(36)20-10-4-3-5-11-20/h3-5,8-11,14-15,21-24H,6-7,12-13,16-19H2,1-2H3,(H,31,37)(H,32,33,34)/t21?,22?,23-,24-/m1/s1. The lowest BCUT2D eigenvalue weighted by Gasteiger charge is -2.34. The molecular weight excluding hydrogens is 462 g/mol. The number of para-hydroxylation sites is 1. The van der Waals surface area contributed by atoms with E-state index in [1.807, 2.05) is 73.6 Å². The molecule has 0 saturated heterocycles. The Hall–Kier alpha value is -3.48. The van der Waals surface area contributed by atoms with E-state index >= 15 is 0 Å². The molecule has 2 atom stereocenters. The lowest BCUT2D eigenvalue weighted by molar-refractivity contribution is -0.128. The van der Waals surface area contributed by atoms with Gasteiger partial charge in [-0.15, -0.1) is 0 Å². The molecule has 1 aromatic heterocycles. The van der Waals surface area contributed by atoms with Gasteiger partial charge in [-0.3, -0.25) is 9.59 Å². The molecule has 0 bridgehead atoms. The molecule has 37 heavy (non-hydrogen) atoms. The molecule has 0 aliphatic heterocycles. The highest BCUT2D eigenvalue weighted by Gasteiger charge is 2.37.